The van der Waals surface area contributed by atoms with Crippen molar-refractivity contribution in [1.82, 2.24) is 5.32 Å². The lowest BCUT2D eigenvalue weighted by Gasteiger charge is -2.16. The molecule has 0 radical (unpaired) electrons. The SMILES string of the molecule is CCOc1cc(C(=O)NC(C)c2ccc(F)c(F)c2)ccc1OC. The molecule has 1 unspecified atom stereocenters. The fraction of sp³-hybridized carbons (Fsp3) is 0.278. The summed E-state index contributed by atoms with van der Waals surface area (Å²) in [4.78, 5) is 12.4. The second kappa shape index (κ2) is 7.77. The first-order chi connectivity index (χ1) is 11.5. The normalized spacial score (nSPS) is 11.7. The van der Waals surface area contributed by atoms with Gasteiger partial charge >= 0.3 is 0 Å². The predicted molar refractivity (Wildman–Crippen MR) is 86.4 cm³/mol. The second-order valence-electron chi connectivity index (χ2n) is 5.17. The van der Waals surface area contributed by atoms with E-state index >= 15 is 0 Å². The van der Waals surface area contributed by atoms with E-state index in [2.05, 4.69) is 5.32 Å². The van der Waals surface area contributed by atoms with Crippen LogP contribution in [0, 0.1) is 11.6 Å². The zero-order chi connectivity index (χ0) is 17.7. The maximum absolute atomic E-state index is 13.3. The summed E-state index contributed by atoms with van der Waals surface area (Å²) < 4.78 is 36.9. The number of carbonyl (C=O) groups is 1. The lowest BCUT2D eigenvalue weighted by atomic mass is 10.1. The van der Waals surface area contributed by atoms with Crippen molar-refractivity contribution in [3.63, 3.8) is 0 Å². The highest BCUT2D eigenvalue weighted by Crippen LogP contribution is 2.28. The number of nitrogens with one attached hydrogen (secondary N) is 1. The monoisotopic (exact) mass is 335 g/mol. The predicted octanol–water partition coefficient (Wildman–Crippen LogP) is 3.86. The zero-order valence-electron chi connectivity index (χ0n) is 13.7. The van der Waals surface area contributed by atoms with Gasteiger partial charge in [-0.1, -0.05) is 6.07 Å². The smallest absolute Gasteiger partial charge is 0.251 e. The Bertz CT molecular complexity index is 734. The molecule has 1 N–H and O–H groups in total. The van der Waals surface area contributed by atoms with Gasteiger partial charge in [-0.3, -0.25) is 4.79 Å². The van der Waals surface area contributed by atoms with Gasteiger partial charge in [-0.25, -0.2) is 8.78 Å². The molecule has 24 heavy (non-hydrogen) atoms. The molecule has 0 aliphatic rings. The van der Waals surface area contributed by atoms with Crippen molar-refractivity contribution in [2.75, 3.05) is 13.7 Å². The molecule has 2 aromatic rings. The van der Waals surface area contributed by atoms with Gasteiger partial charge in [-0.15, -0.1) is 0 Å². The molecular weight excluding hydrogens is 316 g/mol. The summed E-state index contributed by atoms with van der Waals surface area (Å²) in [7, 11) is 1.52. The Labute approximate surface area is 139 Å². The van der Waals surface area contributed by atoms with Crippen molar-refractivity contribution in [2.24, 2.45) is 0 Å². The number of hydrogen-bond acceptors (Lipinski definition) is 3. The van der Waals surface area contributed by atoms with Gasteiger partial charge in [0.15, 0.2) is 23.1 Å². The number of benzene rings is 2. The minimum Gasteiger partial charge on any atom is -0.493 e. The number of amides is 1. The molecule has 1 amide bonds. The molecule has 0 heterocycles. The van der Waals surface area contributed by atoms with Gasteiger partial charge in [0.2, 0.25) is 0 Å². The van der Waals surface area contributed by atoms with Crippen molar-refractivity contribution < 1.29 is 23.0 Å². The van der Waals surface area contributed by atoms with Gasteiger partial charge in [0.1, 0.15) is 0 Å². The lowest BCUT2D eigenvalue weighted by Crippen LogP contribution is -2.26. The van der Waals surface area contributed by atoms with Crippen LogP contribution in [0.5, 0.6) is 11.5 Å². The number of rotatable bonds is 6. The highest BCUT2D eigenvalue weighted by Gasteiger charge is 2.15. The molecule has 0 aliphatic heterocycles. The average molecular weight is 335 g/mol. The second-order valence-corrected chi connectivity index (χ2v) is 5.17. The number of halogens is 2. The molecule has 2 rings (SSSR count). The first-order valence-electron chi connectivity index (χ1n) is 7.53. The van der Waals surface area contributed by atoms with Gasteiger partial charge in [0, 0.05) is 5.56 Å². The number of methoxy groups -OCH3 is 1. The number of ether oxygens (including phenoxy) is 2. The molecule has 0 fully saturated rings. The van der Waals surface area contributed by atoms with E-state index in [1.807, 2.05) is 6.92 Å². The summed E-state index contributed by atoms with van der Waals surface area (Å²) in [6.45, 7) is 3.96. The van der Waals surface area contributed by atoms with Gasteiger partial charge in [0.05, 0.1) is 19.8 Å². The average Bonchev–Trinajstić information content (AvgIpc) is 2.57. The van der Waals surface area contributed by atoms with Gasteiger partial charge < -0.3 is 14.8 Å². The van der Waals surface area contributed by atoms with Crippen molar-refractivity contribution in [1.29, 1.82) is 0 Å². The topological polar surface area (TPSA) is 47.6 Å². The molecule has 1 atom stereocenters. The van der Waals surface area contributed by atoms with Gasteiger partial charge in [0.25, 0.3) is 5.91 Å². The summed E-state index contributed by atoms with van der Waals surface area (Å²) in [5, 5.41) is 2.74. The molecule has 0 saturated carbocycles. The fourth-order valence-electron chi connectivity index (χ4n) is 2.23. The maximum atomic E-state index is 13.3. The van der Waals surface area contributed by atoms with Crippen LogP contribution in [0.2, 0.25) is 0 Å². The van der Waals surface area contributed by atoms with Crippen molar-refractivity contribution >= 4 is 5.91 Å². The fourth-order valence-corrected chi connectivity index (χ4v) is 2.23. The first-order valence-corrected chi connectivity index (χ1v) is 7.53. The largest absolute Gasteiger partial charge is 0.493 e. The van der Waals surface area contributed by atoms with Crippen LogP contribution in [-0.2, 0) is 0 Å². The minimum absolute atomic E-state index is 0.351. The van der Waals surface area contributed by atoms with E-state index in [1.54, 1.807) is 25.1 Å². The van der Waals surface area contributed by atoms with Crippen molar-refractivity contribution in [3.8, 4) is 11.5 Å². The Kier molecular flexibility index (Phi) is 5.73. The molecule has 0 saturated heterocycles. The third-order valence-corrected chi connectivity index (χ3v) is 3.52. The first kappa shape index (κ1) is 17.7. The van der Waals surface area contributed by atoms with Gasteiger partial charge in [-0.2, -0.15) is 0 Å². The van der Waals surface area contributed by atoms with Crippen LogP contribution in [0.1, 0.15) is 35.8 Å². The van der Waals surface area contributed by atoms with Crippen LogP contribution in [0.3, 0.4) is 0 Å². The van der Waals surface area contributed by atoms with Crippen LogP contribution in [0.25, 0.3) is 0 Å². The molecular formula is C18H19F2NO3. The van der Waals surface area contributed by atoms with E-state index in [4.69, 9.17) is 9.47 Å². The molecule has 2 aromatic carbocycles. The molecule has 6 heteroatoms. The van der Waals surface area contributed by atoms with E-state index in [1.165, 1.54) is 13.2 Å². The van der Waals surface area contributed by atoms with E-state index in [0.717, 1.165) is 12.1 Å². The summed E-state index contributed by atoms with van der Waals surface area (Å²) in [6, 6.07) is 7.88. The summed E-state index contributed by atoms with van der Waals surface area (Å²) in [5.74, 6) is -1.23. The van der Waals surface area contributed by atoms with E-state index in [9.17, 15) is 13.6 Å². The van der Waals surface area contributed by atoms with Gasteiger partial charge in [-0.05, 0) is 49.7 Å². The Balaban J connectivity index is 2.16. The molecule has 0 bridgehead atoms. The minimum atomic E-state index is -0.948. The maximum Gasteiger partial charge on any atom is 0.251 e. The summed E-state index contributed by atoms with van der Waals surface area (Å²) in [6.07, 6.45) is 0. The lowest BCUT2D eigenvalue weighted by molar-refractivity contribution is 0.0939. The van der Waals surface area contributed by atoms with Crippen LogP contribution >= 0.6 is 0 Å². The van der Waals surface area contributed by atoms with Crippen molar-refractivity contribution in [2.45, 2.75) is 19.9 Å². The Morgan fingerprint density at radius 2 is 1.88 bits per heavy atom. The van der Waals surface area contributed by atoms with Crippen LogP contribution in [0.4, 0.5) is 8.78 Å². The quantitative estimate of drug-likeness (QED) is 0.872. The molecule has 0 spiro atoms. The third-order valence-electron chi connectivity index (χ3n) is 3.52. The Morgan fingerprint density at radius 3 is 2.50 bits per heavy atom. The summed E-state index contributed by atoms with van der Waals surface area (Å²) in [5.41, 5.74) is 0.856. The van der Waals surface area contributed by atoms with E-state index in [-0.39, 0.29) is 5.91 Å². The van der Waals surface area contributed by atoms with Crippen LogP contribution < -0.4 is 14.8 Å². The molecule has 4 nitrogen and oxygen atoms in total. The highest BCUT2D eigenvalue weighted by atomic mass is 19.2. The van der Waals surface area contributed by atoms with Crippen LogP contribution in [0.15, 0.2) is 36.4 Å². The van der Waals surface area contributed by atoms with E-state index < -0.39 is 17.7 Å². The standard InChI is InChI=1S/C18H19F2NO3/c1-4-24-17-10-13(6-8-16(17)23-3)18(22)21-11(2)12-5-7-14(19)15(20)9-12/h5-11H,4H2,1-3H3,(H,21,22). The number of carbonyl (C=O) groups excluding carboxylic acids is 1. The third kappa shape index (κ3) is 4.01. The van der Waals surface area contributed by atoms with Crippen molar-refractivity contribution in [3.05, 3.63) is 59.2 Å². The Hall–Kier alpha value is -2.63. The number of hydrogen-bond donors (Lipinski definition) is 1. The highest BCUT2D eigenvalue weighted by molar-refractivity contribution is 5.95. The Morgan fingerprint density at radius 1 is 1.12 bits per heavy atom. The molecule has 0 aliphatic carbocycles. The van der Waals surface area contributed by atoms with Crippen LogP contribution in [-0.4, -0.2) is 19.6 Å². The molecule has 128 valence electrons. The summed E-state index contributed by atoms with van der Waals surface area (Å²) >= 11 is 0. The van der Waals surface area contributed by atoms with E-state index in [0.29, 0.717) is 29.2 Å². The molecule has 0 aromatic heterocycles. The zero-order valence-corrected chi connectivity index (χ0v) is 13.7.